The number of amides is 1. The van der Waals surface area contributed by atoms with Crippen LogP contribution in [0.4, 0.5) is 19.0 Å². The van der Waals surface area contributed by atoms with E-state index in [4.69, 9.17) is 9.47 Å². The van der Waals surface area contributed by atoms with Crippen LogP contribution in [-0.2, 0) is 11.8 Å². The molecule has 168 valence electrons. The minimum Gasteiger partial charge on any atom is -0.488 e. The Balaban J connectivity index is 1.93. The van der Waals surface area contributed by atoms with E-state index in [1.807, 2.05) is 0 Å². The van der Waals surface area contributed by atoms with Crippen LogP contribution in [0.5, 0.6) is 5.75 Å². The maximum Gasteiger partial charge on any atom is 0.257 e. The third-order valence-corrected chi connectivity index (χ3v) is 4.36. The molecule has 0 spiro atoms. The molecule has 1 heterocycles. The zero-order valence-electron chi connectivity index (χ0n) is 17.7. The zero-order chi connectivity index (χ0) is 23.3. The average Bonchev–Trinajstić information content (AvgIpc) is 3.14. The molecule has 9 heteroatoms. The normalized spacial score (nSPS) is 12.2. The van der Waals surface area contributed by atoms with Crippen LogP contribution in [0.1, 0.15) is 28.4 Å². The molecule has 1 amide bonds. The molecule has 0 aliphatic heterocycles. The molecule has 3 rings (SSSR count). The van der Waals surface area contributed by atoms with Crippen molar-refractivity contribution in [2.45, 2.75) is 13.0 Å². The predicted molar refractivity (Wildman–Crippen MR) is 115 cm³/mol. The standard InChI is InChI=1S/C23H22F3N3O3/c1-14(13-31-3)32-19-9-15(4-5-16-10-18(24)12-20(25)22(16)26)8-17(11-19)23(30)27-21-6-7-29(2)28-21/h4-12,14H,13H2,1-3H3,(H,27,28,30)/b5-4+/t14-/m0/s1. The van der Waals surface area contributed by atoms with Gasteiger partial charge in [0, 0.05) is 43.6 Å². The predicted octanol–water partition coefficient (Wildman–Crippen LogP) is 4.67. The van der Waals surface area contributed by atoms with E-state index in [1.165, 1.54) is 25.3 Å². The van der Waals surface area contributed by atoms with Crippen molar-refractivity contribution < 1.29 is 27.4 Å². The topological polar surface area (TPSA) is 65.4 Å². The van der Waals surface area contributed by atoms with Crippen molar-refractivity contribution in [3.8, 4) is 5.75 Å². The quantitative estimate of drug-likeness (QED) is 0.404. The van der Waals surface area contributed by atoms with Crippen LogP contribution < -0.4 is 10.1 Å². The molecule has 0 saturated heterocycles. The van der Waals surface area contributed by atoms with E-state index >= 15 is 0 Å². The molecule has 6 nitrogen and oxygen atoms in total. The first-order valence-corrected chi connectivity index (χ1v) is 9.69. The number of hydrogen-bond acceptors (Lipinski definition) is 4. The SMILES string of the molecule is COC[C@H](C)Oc1cc(/C=C/c2cc(F)cc(F)c2F)cc(C(=O)Nc2ccn(C)n2)c1. The van der Waals surface area contributed by atoms with E-state index in [9.17, 15) is 18.0 Å². The molecular weight excluding hydrogens is 423 g/mol. The molecule has 2 aromatic carbocycles. The molecule has 1 atom stereocenters. The number of ether oxygens (including phenoxy) is 2. The number of carbonyl (C=O) groups is 1. The second kappa shape index (κ2) is 10.1. The summed E-state index contributed by atoms with van der Waals surface area (Å²) in [6, 6.07) is 7.69. The number of hydrogen-bond donors (Lipinski definition) is 1. The van der Waals surface area contributed by atoms with Crippen LogP contribution in [0.2, 0.25) is 0 Å². The number of halogens is 3. The lowest BCUT2D eigenvalue weighted by Gasteiger charge is -2.15. The van der Waals surface area contributed by atoms with E-state index < -0.39 is 23.4 Å². The maximum atomic E-state index is 14.0. The van der Waals surface area contributed by atoms with E-state index in [0.717, 1.165) is 6.07 Å². The third-order valence-electron chi connectivity index (χ3n) is 4.36. The van der Waals surface area contributed by atoms with Gasteiger partial charge in [-0.1, -0.05) is 12.2 Å². The number of benzene rings is 2. The number of carbonyl (C=O) groups excluding carboxylic acids is 1. The first-order chi connectivity index (χ1) is 15.2. The summed E-state index contributed by atoms with van der Waals surface area (Å²) in [6.07, 6.45) is 4.03. The zero-order valence-corrected chi connectivity index (χ0v) is 17.7. The monoisotopic (exact) mass is 445 g/mol. The molecule has 0 radical (unpaired) electrons. The number of aromatic nitrogens is 2. The molecule has 0 saturated carbocycles. The lowest BCUT2D eigenvalue weighted by molar-refractivity contribution is 0.0917. The average molecular weight is 445 g/mol. The fraction of sp³-hybridized carbons (Fsp3) is 0.217. The second-order valence-corrected chi connectivity index (χ2v) is 7.13. The Morgan fingerprint density at radius 1 is 1.19 bits per heavy atom. The van der Waals surface area contributed by atoms with Crippen molar-refractivity contribution in [1.29, 1.82) is 0 Å². The number of rotatable bonds is 8. The van der Waals surface area contributed by atoms with Gasteiger partial charge in [0.15, 0.2) is 17.5 Å². The van der Waals surface area contributed by atoms with E-state index in [-0.39, 0.29) is 17.2 Å². The van der Waals surface area contributed by atoms with Gasteiger partial charge in [0.1, 0.15) is 17.7 Å². The van der Waals surface area contributed by atoms with Crippen molar-refractivity contribution in [2.24, 2.45) is 7.05 Å². The van der Waals surface area contributed by atoms with Crippen LogP contribution in [0.15, 0.2) is 42.6 Å². The highest BCUT2D eigenvalue weighted by Crippen LogP contribution is 2.23. The summed E-state index contributed by atoms with van der Waals surface area (Å²) >= 11 is 0. The molecule has 3 aromatic rings. The smallest absolute Gasteiger partial charge is 0.257 e. The molecule has 0 aliphatic carbocycles. The van der Waals surface area contributed by atoms with Crippen molar-refractivity contribution in [3.05, 3.63) is 76.7 Å². The minimum absolute atomic E-state index is 0.253. The molecule has 32 heavy (non-hydrogen) atoms. The Bertz CT molecular complexity index is 1140. The van der Waals surface area contributed by atoms with Gasteiger partial charge in [-0.2, -0.15) is 5.10 Å². The lowest BCUT2D eigenvalue weighted by Crippen LogP contribution is -2.19. The van der Waals surface area contributed by atoms with E-state index in [0.29, 0.717) is 29.8 Å². The lowest BCUT2D eigenvalue weighted by atomic mass is 10.1. The highest BCUT2D eigenvalue weighted by atomic mass is 19.2. The van der Waals surface area contributed by atoms with Crippen molar-refractivity contribution >= 4 is 23.9 Å². The fourth-order valence-corrected chi connectivity index (χ4v) is 2.97. The highest BCUT2D eigenvalue weighted by molar-refractivity contribution is 6.04. The third kappa shape index (κ3) is 5.98. The Labute approximate surface area is 183 Å². The van der Waals surface area contributed by atoms with Crippen molar-refractivity contribution in [2.75, 3.05) is 19.0 Å². The molecule has 0 fully saturated rings. The van der Waals surface area contributed by atoms with Crippen LogP contribution in [0.3, 0.4) is 0 Å². The van der Waals surface area contributed by atoms with Gasteiger partial charge < -0.3 is 14.8 Å². The van der Waals surface area contributed by atoms with Gasteiger partial charge in [-0.15, -0.1) is 0 Å². The van der Waals surface area contributed by atoms with Crippen LogP contribution in [0, 0.1) is 17.5 Å². The summed E-state index contributed by atoms with van der Waals surface area (Å²) < 4.78 is 53.3. The van der Waals surface area contributed by atoms with Gasteiger partial charge in [-0.05, 0) is 36.8 Å². The van der Waals surface area contributed by atoms with Gasteiger partial charge in [-0.25, -0.2) is 13.2 Å². The number of methoxy groups -OCH3 is 1. The molecule has 1 N–H and O–H groups in total. The minimum atomic E-state index is -1.29. The van der Waals surface area contributed by atoms with Gasteiger partial charge in [-0.3, -0.25) is 9.48 Å². The molecule has 0 bridgehead atoms. The Kier molecular flexibility index (Phi) is 7.32. The Hall–Kier alpha value is -3.59. The Morgan fingerprint density at radius 2 is 1.97 bits per heavy atom. The summed E-state index contributed by atoms with van der Waals surface area (Å²) in [5.41, 5.74) is 0.451. The second-order valence-electron chi connectivity index (χ2n) is 7.13. The summed E-state index contributed by atoms with van der Waals surface area (Å²) in [6.45, 7) is 2.12. The van der Waals surface area contributed by atoms with E-state index in [1.54, 1.807) is 43.0 Å². The van der Waals surface area contributed by atoms with Gasteiger partial charge in [0.25, 0.3) is 5.91 Å². The van der Waals surface area contributed by atoms with Crippen molar-refractivity contribution in [3.63, 3.8) is 0 Å². The first-order valence-electron chi connectivity index (χ1n) is 9.69. The largest absolute Gasteiger partial charge is 0.488 e. The number of aryl methyl sites for hydroxylation is 1. The van der Waals surface area contributed by atoms with Gasteiger partial charge in [0.05, 0.1) is 6.61 Å². The molecular formula is C23H22F3N3O3. The number of nitrogens with zero attached hydrogens (tertiary/aromatic N) is 2. The van der Waals surface area contributed by atoms with E-state index in [2.05, 4.69) is 10.4 Å². The Morgan fingerprint density at radius 3 is 2.66 bits per heavy atom. The number of nitrogens with one attached hydrogen (secondary N) is 1. The summed E-state index contributed by atoms with van der Waals surface area (Å²) in [7, 11) is 3.26. The van der Waals surface area contributed by atoms with Crippen LogP contribution >= 0.6 is 0 Å². The molecule has 0 unspecified atom stereocenters. The fourth-order valence-electron chi connectivity index (χ4n) is 2.97. The molecule has 0 aliphatic rings. The van der Waals surface area contributed by atoms with Crippen LogP contribution in [0.25, 0.3) is 12.2 Å². The van der Waals surface area contributed by atoms with Gasteiger partial charge in [0.2, 0.25) is 0 Å². The molecule has 1 aromatic heterocycles. The van der Waals surface area contributed by atoms with Gasteiger partial charge >= 0.3 is 0 Å². The summed E-state index contributed by atoms with van der Waals surface area (Å²) in [5, 5.41) is 6.78. The highest BCUT2D eigenvalue weighted by Gasteiger charge is 2.13. The maximum absolute atomic E-state index is 14.0. The van der Waals surface area contributed by atoms with Crippen molar-refractivity contribution in [1.82, 2.24) is 9.78 Å². The summed E-state index contributed by atoms with van der Waals surface area (Å²) in [4.78, 5) is 12.7. The number of anilines is 1. The first kappa shape index (κ1) is 23.1. The summed E-state index contributed by atoms with van der Waals surface area (Å²) in [5.74, 6) is -3.06. The van der Waals surface area contributed by atoms with Crippen LogP contribution in [-0.4, -0.2) is 35.5 Å².